The Bertz CT molecular complexity index is 766. The van der Waals surface area contributed by atoms with Gasteiger partial charge in [0.2, 0.25) is 5.91 Å². The first-order valence-electron chi connectivity index (χ1n) is 9.57. The number of carbonyl (C=O) groups excluding carboxylic acids is 1. The molecule has 2 aromatic heterocycles. The Balaban J connectivity index is 1.60. The maximum Gasteiger partial charge on any atom is 0.230 e. The molecule has 4 rings (SSSR count). The van der Waals surface area contributed by atoms with E-state index in [-0.39, 0.29) is 11.3 Å². The molecule has 1 amide bonds. The average Bonchev–Trinajstić information content (AvgIpc) is 3.27. The largest absolute Gasteiger partial charge is 0.355 e. The van der Waals surface area contributed by atoms with Crippen LogP contribution in [0.2, 0.25) is 0 Å². The lowest BCUT2D eigenvalue weighted by Crippen LogP contribution is -2.47. The van der Waals surface area contributed by atoms with Crippen LogP contribution < -0.4 is 4.90 Å². The maximum atomic E-state index is 13.3. The van der Waals surface area contributed by atoms with Gasteiger partial charge in [0.25, 0.3) is 0 Å². The number of nitrogens with zero attached hydrogens (tertiary/aromatic N) is 5. The number of rotatable bonds is 4. The van der Waals surface area contributed by atoms with Gasteiger partial charge in [-0.05, 0) is 31.5 Å². The number of thiazole rings is 1. The summed E-state index contributed by atoms with van der Waals surface area (Å²) in [6.07, 6.45) is 5.68. The summed E-state index contributed by atoms with van der Waals surface area (Å²) in [6.45, 7) is 4.48. The minimum Gasteiger partial charge on any atom is -0.355 e. The third kappa shape index (κ3) is 3.58. The molecule has 6 nitrogen and oxygen atoms in total. The Kier molecular flexibility index (Phi) is 5.14. The van der Waals surface area contributed by atoms with Gasteiger partial charge in [-0.2, -0.15) is 0 Å². The van der Waals surface area contributed by atoms with Crippen LogP contribution in [0.1, 0.15) is 17.8 Å². The quantitative estimate of drug-likeness (QED) is 0.809. The van der Waals surface area contributed by atoms with E-state index < -0.39 is 0 Å². The van der Waals surface area contributed by atoms with E-state index in [1.165, 1.54) is 0 Å². The Labute approximate surface area is 164 Å². The Hall–Kier alpha value is -1.99. The van der Waals surface area contributed by atoms with Gasteiger partial charge in [0, 0.05) is 57.4 Å². The number of fused-ring (bicyclic) bond motifs is 1. The van der Waals surface area contributed by atoms with Crippen LogP contribution in [0.5, 0.6) is 0 Å². The summed E-state index contributed by atoms with van der Waals surface area (Å²) in [5.74, 6) is 1.54. The van der Waals surface area contributed by atoms with Crippen LogP contribution in [0, 0.1) is 11.3 Å². The lowest BCUT2D eigenvalue weighted by Gasteiger charge is -2.34. The molecule has 2 aromatic rings. The highest BCUT2D eigenvalue weighted by Gasteiger charge is 2.53. The van der Waals surface area contributed by atoms with Gasteiger partial charge < -0.3 is 9.80 Å². The standard InChI is InChI=1S/C20H27N5OS/c1-23(2)19(26)20-7-5-10-24(14-18-22-9-11-27-18)12-16(20)13-25(15-20)17-6-3-4-8-21-17/h3-4,6,8-9,11,16H,5,7,10,12-15H2,1-2H3/t16-,20-/m0/s1. The third-order valence-electron chi connectivity index (χ3n) is 5.92. The number of anilines is 1. The van der Waals surface area contributed by atoms with Crippen molar-refractivity contribution in [3.05, 3.63) is 41.0 Å². The van der Waals surface area contributed by atoms with E-state index in [4.69, 9.17) is 0 Å². The molecule has 2 fully saturated rings. The average molecular weight is 386 g/mol. The zero-order chi connectivity index (χ0) is 18.9. The molecule has 0 bridgehead atoms. The molecule has 2 saturated heterocycles. The van der Waals surface area contributed by atoms with E-state index in [0.29, 0.717) is 5.92 Å². The number of amides is 1. The number of carbonyl (C=O) groups is 1. The van der Waals surface area contributed by atoms with Crippen molar-refractivity contribution in [2.75, 3.05) is 45.2 Å². The normalized spacial score (nSPS) is 25.9. The molecule has 0 saturated carbocycles. The molecular weight excluding hydrogens is 358 g/mol. The molecule has 4 heterocycles. The van der Waals surface area contributed by atoms with Gasteiger partial charge in [0.1, 0.15) is 10.8 Å². The summed E-state index contributed by atoms with van der Waals surface area (Å²) >= 11 is 1.71. The lowest BCUT2D eigenvalue weighted by atomic mass is 9.74. The first-order chi connectivity index (χ1) is 13.1. The van der Waals surface area contributed by atoms with Gasteiger partial charge >= 0.3 is 0 Å². The zero-order valence-corrected chi connectivity index (χ0v) is 16.9. The molecule has 2 aliphatic rings. The minimum atomic E-state index is -0.321. The fraction of sp³-hybridized carbons (Fsp3) is 0.550. The van der Waals surface area contributed by atoms with E-state index in [2.05, 4.69) is 19.8 Å². The number of hydrogen-bond donors (Lipinski definition) is 0. The molecule has 0 unspecified atom stereocenters. The van der Waals surface area contributed by atoms with E-state index in [9.17, 15) is 4.79 Å². The number of likely N-dealkylation sites (tertiary alicyclic amines) is 1. The second-order valence-corrected chi connectivity index (χ2v) is 8.86. The van der Waals surface area contributed by atoms with Crippen molar-refractivity contribution in [3.63, 3.8) is 0 Å². The van der Waals surface area contributed by atoms with Crippen molar-refractivity contribution in [2.45, 2.75) is 19.4 Å². The Morgan fingerprint density at radius 3 is 2.89 bits per heavy atom. The summed E-state index contributed by atoms with van der Waals surface area (Å²) in [4.78, 5) is 28.9. The van der Waals surface area contributed by atoms with Crippen molar-refractivity contribution < 1.29 is 4.79 Å². The van der Waals surface area contributed by atoms with Crippen molar-refractivity contribution in [1.82, 2.24) is 19.8 Å². The molecule has 0 aromatic carbocycles. The Morgan fingerprint density at radius 2 is 2.19 bits per heavy atom. The van der Waals surface area contributed by atoms with Crippen LogP contribution in [0.3, 0.4) is 0 Å². The summed E-state index contributed by atoms with van der Waals surface area (Å²) in [7, 11) is 3.77. The smallest absolute Gasteiger partial charge is 0.230 e. The SMILES string of the molecule is CN(C)C(=O)[C@]12CCCN(Cc3nccs3)C[C@H]1CN(c1ccccn1)C2. The van der Waals surface area contributed by atoms with Crippen LogP contribution in [0.4, 0.5) is 5.82 Å². The van der Waals surface area contributed by atoms with Gasteiger partial charge in [-0.15, -0.1) is 11.3 Å². The van der Waals surface area contributed by atoms with E-state index in [1.54, 1.807) is 16.2 Å². The fourth-order valence-corrected chi connectivity index (χ4v) is 5.35. The predicted molar refractivity (Wildman–Crippen MR) is 108 cm³/mol. The van der Waals surface area contributed by atoms with Gasteiger partial charge in [0.05, 0.1) is 12.0 Å². The maximum absolute atomic E-state index is 13.3. The summed E-state index contributed by atoms with van der Waals surface area (Å²) in [6, 6.07) is 6.01. The third-order valence-corrected chi connectivity index (χ3v) is 6.68. The highest BCUT2D eigenvalue weighted by atomic mass is 32.1. The minimum absolute atomic E-state index is 0.266. The molecule has 27 heavy (non-hydrogen) atoms. The van der Waals surface area contributed by atoms with Crippen molar-refractivity contribution >= 4 is 23.1 Å². The van der Waals surface area contributed by atoms with Crippen molar-refractivity contribution in [3.8, 4) is 0 Å². The summed E-state index contributed by atoms with van der Waals surface area (Å²) in [5.41, 5.74) is -0.321. The topological polar surface area (TPSA) is 52.6 Å². The van der Waals surface area contributed by atoms with Gasteiger partial charge in [-0.1, -0.05) is 6.07 Å². The summed E-state index contributed by atoms with van der Waals surface area (Å²) in [5, 5.41) is 3.19. The number of pyridine rings is 1. The molecule has 0 radical (unpaired) electrons. The van der Waals surface area contributed by atoms with Gasteiger partial charge in [-0.25, -0.2) is 9.97 Å². The number of hydrogen-bond acceptors (Lipinski definition) is 6. The van der Waals surface area contributed by atoms with E-state index in [0.717, 1.165) is 56.4 Å². The van der Waals surface area contributed by atoms with Crippen LogP contribution in [-0.4, -0.2) is 65.9 Å². The van der Waals surface area contributed by atoms with Gasteiger partial charge in [-0.3, -0.25) is 9.69 Å². The molecule has 2 atom stereocenters. The highest BCUT2D eigenvalue weighted by Crippen LogP contribution is 2.45. The second kappa shape index (κ2) is 7.56. The lowest BCUT2D eigenvalue weighted by molar-refractivity contribution is -0.141. The molecule has 0 N–H and O–H groups in total. The second-order valence-electron chi connectivity index (χ2n) is 7.89. The van der Waals surface area contributed by atoms with Crippen LogP contribution in [0.15, 0.2) is 36.0 Å². The molecule has 2 aliphatic heterocycles. The van der Waals surface area contributed by atoms with Crippen molar-refractivity contribution in [1.29, 1.82) is 0 Å². The number of aromatic nitrogens is 2. The van der Waals surface area contributed by atoms with Crippen LogP contribution in [-0.2, 0) is 11.3 Å². The van der Waals surface area contributed by atoms with Gasteiger partial charge in [0.15, 0.2) is 0 Å². The zero-order valence-electron chi connectivity index (χ0n) is 16.0. The molecule has 0 aliphatic carbocycles. The fourth-order valence-electron chi connectivity index (χ4n) is 4.69. The van der Waals surface area contributed by atoms with Crippen molar-refractivity contribution in [2.24, 2.45) is 11.3 Å². The monoisotopic (exact) mass is 385 g/mol. The first-order valence-corrected chi connectivity index (χ1v) is 10.4. The first kappa shape index (κ1) is 18.4. The molecule has 7 heteroatoms. The van der Waals surface area contributed by atoms with E-state index in [1.807, 2.05) is 50.1 Å². The highest BCUT2D eigenvalue weighted by molar-refractivity contribution is 7.09. The van der Waals surface area contributed by atoms with E-state index >= 15 is 0 Å². The Morgan fingerprint density at radius 1 is 1.30 bits per heavy atom. The molecule has 144 valence electrons. The summed E-state index contributed by atoms with van der Waals surface area (Å²) < 4.78 is 0. The van der Waals surface area contributed by atoms with Crippen LogP contribution in [0.25, 0.3) is 0 Å². The molecule has 0 spiro atoms. The van der Waals surface area contributed by atoms with Crippen LogP contribution >= 0.6 is 11.3 Å². The predicted octanol–water partition coefficient (Wildman–Crippen LogP) is 2.34. The molecular formula is C20H27N5OS.